The quantitative estimate of drug-likeness (QED) is 0.513. The fourth-order valence-electron chi connectivity index (χ4n) is 2.18. The number of aryl methyl sites for hydroxylation is 1. The molecule has 3 rings (SSSR count). The van der Waals surface area contributed by atoms with E-state index >= 15 is 0 Å². The molecule has 2 aromatic heterocycles. The molecule has 0 aliphatic carbocycles. The van der Waals surface area contributed by atoms with Gasteiger partial charge in [0.25, 0.3) is 0 Å². The van der Waals surface area contributed by atoms with Gasteiger partial charge in [0, 0.05) is 6.54 Å². The number of hydrogen-bond acceptors (Lipinski definition) is 6. The first kappa shape index (κ1) is 17.5. The fraction of sp³-hybridized carbons (Fsp3) is 0.235. The number of nitrogens with zero attached hydrogens (tertiary/aromatic N) is 3. The standard InChI is InChI=1S/C17H19N5OS2/c1-11-5-7-13(8-6-11)10-19-16(23)12(2)25-17-21-20-15(22(17)18)14-4-3-9-24-14/h3-9,12H,10,18H2,1-2H3,(H,19,23). The lowest BCUT2D eigenvalue weighted by molar-refractivity contribution is -0.120. The number of amides is 1. The summed E-state index contributed by atoms with van der Waals surface area (Å²) in [5, 5.41) is 13.3. The zero-order valence-corrected chi connectivity index (χ0v) is 15.6. The Balaban J connectivity index is 1.59. The summed E-state index contributed by atoms with van der Waals surface area (Å²) >= 11 is 2.83. The molecule has 3 N–H and O–H groups in total. The van der Waals surface area contributed by atoms with Crippen LogP contribution in [-0.2, 0) is 11.3 Å². The summed E-state index contributed by atoms with van der Waals surface area (Å²) in [5.41, 5.74) is 2.26. The summed E-state index contributed by atoms with van der Waals surface area (Å²) in [6.45, 7) is 4.36. The number of aromatic nitrogens is 3. The van der Waals surface area contributed by atoms with Gasteiger partial charge >= 0.3 is 0 Å². The highest BCUT2D eigenvalue weighted by Gasteiger charge is 2.20. The molecule has 25 heavy (non-hydrogen) atoms. The zero-order chi connectivity index (χ0) is 17.8. The Bertz CT molecular complexity index is 843. The molecule has 0 saturated heterocycles. The Morgan fingerprint density at radius 3 is 2.76 bits per heavy atom. The van der Waals surface area contributed by atoms with Gasteiger partial charge in [-0.25, -0.2) is 4.68 Å². The molecule has 0 fully saturated rings. The topological polar surface area (TPSA) is 85.8 Å². The molecule has 8 heteroatoms. The summed E-state index contributed by atoms with van der Waals surface area (Å²) in [6.07, 6.45) is 0. The van der Waals surface area contributed by atoms with Gasteiger partial charge in [-0.1, -0.05) is 47.7 Å². The van der Waals surface area contributed by atoms with Crippen LogP contribution in [0.25, 0.3) is 10.7 Å². The van der Waals surface area contributed by atoms with Crippen LogP contribution < -0.4 is 11.2 Å². The van der Waals surface area contributed by atoms with Crippen molar-refractivity contribution >= 4 is 29.0 Å². The van der Waals surface area contributed by atoms with E-state index in [-0.39, 0.29) is 11.2 Å². The van der Waals surface area contributed by atoms with Gasteiger partial charge in [-0.2, -0.15) is 0 Å². The summed E-state index contributed by atoms with van der Waals surface area (Å²) < 4.78 is 1.43. The SMILES string of the molecule is Cc1ccc(CNC(=O)C(C)Sc2nnc(-c3cccs3)n2N)cc1. The third-order valence-electron chi connectivity index (χ3n) is 3.64. The number of thioether (sulfide) groups is 1. The number of nitrogen functional groups attached to an aromatic ring is 1. The van der Waals surface area contributed by atoms with Crippen molar-refractivity contribution in [2.45, 2.75) is 30.8 Å². The first-order valence-corrected chi connectivity index (χ1v) is 9.55. The number of nitrogens with one attached hydrogen (secondary N) is 1. The molecule has 1 amide bonds. The Morgan fingerprint density at radius 2 is 2.08 bits per heavy atom. The molecule has 0 radical (unpaired) electrons. The number of benzene rings is 1. The number of carbonyl (C=O) groups is 1. The lowest BCUT2D eigenvalue weighted by atomic mass is 10.1. The van der Waals surface area contributed by atoms with Gasteiger partial charge in [-0.15, -0.1) is 21.5 Å². The van der Waals surface area contributed by atoms with Crippen molar-refractivity contribution in [1.29, 1.82) is 0 Å². The Hall–Kier alpha value is -2.32. The number of carbonyl (C=O) groups excluding carboxylic acids is 1. The molecule has 1 atom stereocenters. The van der Waals surface area contributed by atoms with Crippen LogP contribution in [0.5, 0.6) is 0 Å². The van der Waals surface area contributed by atoms with Crippen molar-refractivity contribution in [3.63, 3.8) is 0 Å². The summed E-state index contributed by atoms with van der Waals surface area (Å²) in [5.74, 6) is 6.61. The lowest BCUT2D eigenvalue weighted by Crippen LogP contribution is -2.30. The summed E-state index contributed by atoms with van der Waals surface area (Å²) in [4.78, 5) is 13.2. The molecule has 0 saturated carbocycles. The highest BCUT2D eigenvalue weighted by Crippen LogP contribution is 2.27. The second-order valence-electron chi connectivity index (χ2n) is 5.62. The minimum Gasteiger partial charge on any atom is -0.351 e. The molecule has 0 aliphatic rings. The normalized spacial score (nSPS) is 12.1. The average Bonchev–Trinajstić information content (AvgIpc) is 3.24. The maximum Gasteiger partial charge on any atom is 0.233 e. The van der Waals surface area contributed by atoms with E-state index < -0.39 is 0 Å². The van der Waals surface area contributed by atoms with Gasteiger partial charge in [0.2, 0.25) is 11.1 Å². The van der Waals surface area contributed by atoms with E-state index in [1.54, 1.807) is 11.3 Å². The van der Waals surface area contributed by atoms with E-state index in [9.17, 15) is 4.79 Å². The van der Waals surface area contributed by atoms with E-state index in [1.165, 1.54) is 22.0 Å². The molecule has 3 aromatic rings. The maximum absolute atomic E-state index is 12.3. The summed E-state index contributed by atoms with van der Waals surface area (Å²) in [6, 6.07) is 12.0. The van der Waals surface area contributed by atoms with Crippen molar-refractivity contribution in [1.82, 2.24) is 20.2 Å². The van der Waals surface area contributed by atoms with Crippen molar-refractivity contribution < 1.29 is 4.79 Å². The third-order valence-corrected chi connectivity index (χ3v) is 5.57. The maximum atomic E-state index is 12.3. The minimum absolute atomic E-state index is 0.0637. The second-order valence-corrected chi connectivity index (χ2v) is 7.87. The van der Waals surface area contributed by atoms with Gasteiger partial charge in [-0.05, 0) is 30.9 Å². The largest absolute Gasteiger partial charge is 0.351 e. The predicted octanol–water partition coefficient (Wildman–Crippen LogP) is 2.83. The zero-order valence-electron chi connectivity index (χ0n) is 14.0. The molecule has 0 spiro atoms. The van der Waals surface area contributed by atoms with Crippen LogP contribution in [0.2, 0.25) is 0 Å². The van der Waals surface area contributed by atoms with E-state index in [2.05, 4.69) is 15.5 Å². The van der Waals surface area contributed by atoms with Gasteiger partial charge in [0.05, 0.1) is 10.1 Å². The number of thiophene rings is 1. The first-order chi connectivity index (χ1) is 12.0. The van der Waals surface area contributed by atoms with Crippen molar-refractivity contribution in [3.8, 4) is 10.7 Å². The lowest BCUT2D eigenvalue weighted by Gasteiger charge is -2.11. The second kappa shape index (κ2) is 7.71. The van der Waals surface area contributed by atoms with Crippen LogP contribution in [-0.4, -0.2) is 26.0 Å². The van der Waals surface area contributed by atoms with Crippen LogP contribution in [0.1, 0.15) is 18.1 Å². The average molecular weight is 374 g/mol. The predicted molar refractivity (Wildman–Crippen MR) is 102 cm³/mol. The molecular formula is C17H19N5OS2. The Kier molecular flexibility index (Phi) is 5.40. The Labute approximate surface area is 154 Å². The molecular weight excluding hydrogens is 354 g/mol. The summed E-state index contributed by atoms with van der Waals surface area (Å²) in [7, 11) is 0. The monoisotopic (exact) mass is 373 g/mol. The van der Waals surface area contributed by atoms with Crippen LogP contribution in [0.3, 0.4) is 0 Å². The van der Waals surface area contributed by atoms with E-state index in [4.69, 9.17) is 5.84 Å². The highest BCUT2D eigenvalue weighted by molar-refractivity contribution is 8.00. The van der Waals surface area contributed by atoms with Crippen LogP contribution in [0.4, 0.5) is 0 Å². The molecule has 0 bridgehead atoms. The number of rotatable bonds is 6. The third kappa shape index (κ3) is 4.21. The minimum atomic E-state index is -0.326. The van der Waals surface area contributed by atoms with Crippen LogP contribution in [0, 0.1) is 6.92 Å². The highest BCUT2D eigenvalue weighted by atomic mass is 32.2. The van der Waals surface area contributed by atoms with Crippen molar-refractivity contribution in [2.24, 2.45) is 0 Å². The van der Waals surface area contributed by atoms with Crippen LogP contribution >= 0.6 is 23.1 Å². The smallest absolute Gasteiger partial charge is 0.233 e. The van der Waals surface area contributed by atoms with E-state index in [0.29, 0.717) is 17.5 Å². The van der Waals surface area contributed by atoms with Crippen LogP contribution in [0.15, 0.2) is 46.9 Å². The molecule has 6 nitrogen and oxygen atoms in total. The van der Waals surface area contributed by atoms with E-state index in [1.807, 2.05) is 55.6 Å². The van der Waals surface area contributed by atoms with Gasteiger partial charge in [0.15, 0.2) is 5.82 Å². The molecule has 130 valence electrons. The van der Waals surface area contributed by atoms with Crippen molar-refractivity contribution in [3.05, 3.63) is 52.9 Å². The first-order valence-electron chi connectivity index (χ1n) is 7.79. The van der Waals surface area contributed by atoms with Gasteiger partial charge < -0.3 is 11.2 Å². The molecule has 0 aliphatic heterocycles. The van der Waals surface area contributed by atoms with Gasteiger partial charge in [-0.3, -0.25) is 4.79 Å². The van der Waals surface area contributed by atoms with E-state index in [0.717, 1.165) is 10.4 Å². The fourth-order valence-corrected chi connectivity index (χ4v) is 3.68. The van der Waals surface area contributed by atoms with Gasteiger partial charge in [0.1, 0.15) is 0 Å². The number of nitrogens with two attached hydrogens (primary N) is 1. The number of hydrogen-bond donors (Lipinski definition) is 2. The Morgan fingerprint density at radius 1 is 1.32 bits per heavy atom. The molecule has 1 aromatic carbocycles. The molecule has 2 heterocycles. The molecule has 1 unspecified atom stereocenters. The van der Waals surface area contributed by atoms with Crippen molar-refractivity contribution in [2.75, 3.05) is 5.84 Å².